The summed E-state index contributed by atoms with van der Waals surface area (Å²) in [5.74, 6) is 0.947. The van der Waals surface area contributed by atoms with Gasteiger partial charge in [-0.2, -0.15) is 0 Å². The highest BCUT2D eigenvalue weighted by Crippen LogP contribution is 2.19. The van der Waals surface area contributed by atoms with E-state index in [0.717, 1.165) is 25.4 Å². The van der Waals surface area contributed by atoms with Crippen LogP contribution in [0.1, 0.15) is 25.5 Å². The number of rotatable bonds is 3. The molecule has 0 bridgehead atoms. The van der Waals surface area contributed by atoms with Gasteiger partial charge < -0.3 is 15.4 Å². The third-order valence-electron chi connectivity index (χ3n) is 2.70. The van der Waals surface area contributed by atoms with E-state index in [4.69, 9.17) is 4.74 Å². The maximum absolute atomic E-state index is 5.62. The quantitative estimate of drug-likeness (QED) is 0.869. The van der Waals surface area contributed by atoms with E-state index in [1.807, 2.05) is 26.0 Å². The van der Waals surface area contributed by atoms with E-state index in [9.17, 15) is 0 Å². The van der Waals surface area contributed by atoms with E-state index in [0.29, 0.717) is 6.04 Å². The summed E-state index contributed by atoms with van der Waals surface area (Å²) in [6.07, 6.45) is 0.236. The van der Waals surface area contributed by atoms with Gasteiger partial charge in [0.25, 0.3) is 0 Å². The summed E-state index contributed by atoms with van der Waals surface area (Å²) < 4.78 is 5.62. The maximum atomic E-state index is 5.62. The van der Waals surface area contributed by atoms with Crippen LogP contribution in [-0.4, -0.2) is 25.7 Å². The third-order valence-corrected chi connectivity index (χ3v) is 2.70. The number of halogens is 1. The molecule has 0 amide bonds. The van der Waals surface area contributed by atoms with Crippen LogP contribution in [0.5, 0.6) is 5.75 Å². The van der Waals surface area contributed by atoms with Crippen LogP contribution in [0, 0.1) is 0 Å². The minimum atomic E-state index is 0. The van der Waals surface area contributed by atoms with Gasteiger partial charge in [-0.25, -0.2) is 0 Å². The van der Waals surface area contributed by atoms with E-state index in [1.165, 1.54) is 5.56 Å². The predicted octanol–water partition coefficient (Wildman–Crippen LogP) is 2.13. The summed E-state index contributed by atoms with van der Waals surface area (Å²) >= 11 is 0. The molecule has 1 saturated heterocycles. The van der Waals surface area contributed by atoms with Crippen LogP contribution in [0.2, 0.25) is 0 Å². The number of piperazine rings is 1. The van der Waals surface area contributed by atoms with Gasteiger partial charge in [0, 0.05) is 25.7 Å². The van der Waals surface area contributed by atoms with Crippen LogP contribution in [0.25, 0.3) is 0 Å². The van der Waals surface area contributed by atoms with Gasteiger partial charge in [0.2, 0.25) is 0 Å². The molecule has 0 spiro atoms. The molecule has 4 heteroatoms. The Labute approximate surface area is 109 Å². The van der Waals surface area contributed by atoms with Crippen molar-refractivity contribution in [3.05, 3.63) is 29.8 Å². The number of nitrogens with one attached hydrogen (secondary N) is 2. The van der Waals surface area contributed by atoms with Gasteiger partial charge in [0.05, 0.1) is 6.10 Å². The summed E-state index contributed by atoms with van der Waals surface area (Å²) in [5, 5.41) is 6.88. The largest absolute Gasteiger partial charge is 0.491 e. The molecule has 2 N–H and O–H groups in total. The number of benzene rings is 1. The molecule has 0 unspecified atom stereocenters. The van der Waals surface area contributed by atoms with Crippen molar-refractivity contribution in [1.82, 2.24) is 10.6 Å². The van der Waals surface area contributed by atoms with E-state index in [2.05, 4.69) is 22.8 Å². The summed E-state index contributed by atoms with van der Waals surface area (Å²) in [4.78, 5) is 0. The van der Waals surface area contributed by atoms with Crippen molar-refractivity contribution in [2.75, 3.05) is 19.6 Å². The SMILES string of the molecule is CC(C)Oc1ccc([C@H]2CNCCN2)cc1.Cl. The van der Waals surface area contributed by atoms with Gasteiger partial charge in [0.15, 0.2) is 0 Å². The van der Waals surface area contributed by atoms with Crippen molar-refractivity contribution in [2.24, 2.45) is 0 Å². The van der Waals surface area contributed by atoms with Crippen LogP contribution < -0.4 is 15.4 Å². The van der Waals surface area contributed by atoms with Crippen molar-refractivity contribution in [1.29, 1.82) is 0 Å². The number of hydrogen-bond acceptors (Lipinski definition) is 3. The average Bonchev–Trinajstić information content (AvgIpc) is 2.30. The summed E-state index contributed by atoms with van der Waals surface area (Å²) in [5.41, 5.74) is 1.32. The monoisotopic (exact) mass is 256 g/mol. The summed E-state index contributed by atoms with van der Waals surface area (Å²) in [6.45, 7) is 7.19. The second-order valence-electron chi connectivity index (χ2n) is 4.45. The van der Waals surface area contributed by atoms with E-state index < -0.39 is 0 Å². The van der Waals surface area contributed by atoms with Crippen molar-refractivity contribution in [2.45, 2.75) is 26.0 Å². The lowest BCUT2D eigenvalue weighted by Gasteiger charge is -2.25. The Morgan fingerprint density at radius 1 is 1.18 bits per heavy atom. The van der Waals surface area contributed by atoms with E-state index in [-0.39, 0.29) is 18.5 Å². The van der Waals surface area contributed by atoms with Gasteiger partial charge in [-0.05, 0) is 31.5 Å². The first-order valence-corrected chi connectivity index (χ1v) is 5.96. The lowest BCUT2D eigenvalue weighted by Crippen LogP contribution is -2.42. The molecule has 1 heterocycles. The normalized spacial score (nSPS) is 19.8. The topological polar surface area (TPSA) is 33.3 Å². The van der Waals surface area contributed by atoms with Crippen molar-refractivity contribution in [3.8, 4) is 5.75 Å². The summed E-state index contributed by atoms with van der Waals surface area (Å²) in [7, 11) is 0. The Bertz CT molecular complexity index is 321. The van der Waals surface area contributed by atoms with E-state index in [1.54, 1.807) is 0 Å². The third kappa shape index (κ3) is 4.19. The first kappa shape index (κ1) is 14.3. The molecule has 0 aromatic heterocycles. The zero-order valence-corrected chi connectivity index (χ0v) is 11.2. The minimum Gasteiger partial charge on any atom is -0.491 e. The predicted molar refractivity (Wildman–Crippen MR) is 73.1 cm³/mol. The summed E-state index contributed by atoms with van der Waals surface area (Å²) in [6, 6.07) is 8.81. The zero-order valence-electron chi connectivity index (χ0n) is 10.4. The molecule has 1 aliphatic heterocycles. The van der Waals surface area contributed by atoms with Crippen molar-refractivity contribution < 1.29 is 4.74 Å². The van der Waals surface area contributed by atoms with Gasteiger partial charge in [-0.15, -0.1) is 12.4 Å². The molecule has 1 atom stereocenters. The number of ether oxygens (including phenoxy) is 1. The molecule has 96 valence electrons. The fourth-order valence-corrected chi connectivity index (χ4v) is 1.94. The van der Waals surface area contributed by atoms with Crippen molar-refractivity contribution in [3.63, 3.8) is 0 Å². The average molecular weight is 257 g/mol. The van der Waals surface area contributed by atoms with Crippen LogP contribution in [-0.2, 0) is 0 Å². The first-order chi connectivity index (χ1) is 7.75. The smallest absolute Gasteiger partial charge is 0.119 e. The highest BCUT2D eigenvalue weighted by Gasteiger charge is 2.13. The fourth-order valence-electron chi connectivity index (χ4n) is 1.94. The molecule has 1 aromatic carbocycles. The molecular formula is C13H21ClN2O. The first-order valence-electron chi connectivity index (χ1n) is 5.96. The second kappa shape index (κ2) is 6.84. The standard InChI is InChI=1S/C13H20N2O.ClH/c1-10(2)16-12-5-3-11(4-6-12)13-9-14-7-8-15-13;/h3-6,10,13-15H,7-9H2,1-2H3;1H/t13-;/m1./s1. The van der Waals surface area contributed by atoms with Gasteiger partial charge in [-0.3, -0.25) is 0 Å². The Morgan fingerprint density at radius 3 is 2.41 bits per heavy atom. The molecule has 0 radical (unpaired) electrons. The molecule has 2 rings (SSSR count). The fraction of sp³-hybridized carbons (Fsp3) is 0.538. The molecule has 0 saturated carbocycles. The van der Waals surface area contributed by atoms with Gasteiger partial charge in [-0.1, -0.05) is 12.1 Å². The molecule has 1 aromatic rings. The molecule has 1 fully saturated rings. The Morgan fingerprint density at radius 2 is 1.88 bits per heavy atom. The second-order valence-corrected chi connectivity index (χ2v) is 4.45. The molecule has 17 heavy (non-hydrogen) atoms. The highest BCUT2D eigenvalue weighted by atomic mass is 35.5. The van der Waals surface area contributed by atoms with Crippen LogP contribution in [0.3, 0.4) is 0 Å². The Balaban J connectivity index is 0.00000144. The van der Waals surface area contributed by atoms with E-state index >= 15 is 0 Å². The lowest BCUT2D eigenvalue weighted by atomic mass is 10.1. The maximum Gasteiger partial charge on any atom is 0.119 e. The lowest BCUT2D eigenvalue weighted by molar-refractivity contribution is 0.242. The number of hydrogen-bond donors (Lipinski definition) is 2. The molecular weight excluding hydrogens is 236 g/mol. The van der Waals surface area contributed by atoms with Crippen LogP contribution >= 0.6 is 12.4 Å². The Kier molecular flexibility index (Phi) is 5.75. The molecule has 1 aliphatic rings. The molecule has 3 nitrogen and oxygen atoms in total. The van der Waals surface area contributed by atoms with Gasteiger partial charge in [0.1, 0.15) is 5.75 Å². The van der Waals surface area contributed by atoms with Gasteiger partial charge >= 0.3 is 0 Å². The van der Waals surface area contributed by atoms with Crippen LogP contribution in [0.4, 0.5) is 0 Å². The molecule has 0 aliphatic carbocycles. The minimum absolute atomic E-state index is 0. The van der Waals surface area contributed by atoms with Crippen LogP contribution in [0.15, 0.2) is 24.3 Å². The van der Waals surface area contributed by atoms with Crippen molar-refractivity contribution >= 4 is 12.4 Å². The Hall–Kier alpha value is -0.770. The zero-order chi connectivity index (χ0) is 11.4. The highest BCUT2D eigenvalue weighted by molar-refractivity contribution is 5.85.